The predicted octanol–water partition coefficient (Wildman–Crippen LogP) is 6.02. The second-order valence-electron chi connectivity index (χ2n) is 14.3. The van der Waals surface area contributed by atoms with E-state index < -0.39 is 11.6 Å². The van der Waals surface area contributed by atoms with Gasteiger partial charge in [-0.2, -0.15) is 0 Å². The van der Waals surface area contributed by atoms with E-state index in [1.807, 2.05) is 12.1 Å². The van der Waals surface area contributed by atoms with Gasteiger partial charge in [0.2, 0.25) is 0 Å². The van der Waals surface area contributed by atoms with Gasteiger partial charge in [0.1, 0.15) is 5.66 Å². The van der Waals surface area contributed by atoms with E-state index in [2.05, 4.69) is 58.3 Å². The lowest BCUT2D eigenvalue weighted by Gasteiger charge is -2.47. The van der Waals surface area contributed by atoms with Crippen LogP contribution in [0.1, 0.15) is 103 Å². The Kier molecular flexibility index (Phi) is 8.51. The van der Waals surface area contributed by atoms with Crippen LogP contribution >= 0.6 is 0 Å². The number of aromatic carboxylic acids is 1. The molecule has 1 aromatic carbocycles. The molecule has 1 saturated heterocycles. The molecule has 0 radical (unpaired) electrons. The molecule has 0 unspecified atom stereocenters. The summed E-state index contributed by atoms with van der Waals surface area (Å²) in [6, 6.07) is 7.25. The number of aliphatic imine (C=N–C) groups is 1. The summed E-state index contributed by atoms with van der Waals surface area (Å²) in [5, 5.41) is 9.38. The first kappa shape index (κ1) is 29.6. The Bertz CT molecular complexity index is 1060. The average molecular weight is 540 g/mol. The SMILES string of the molecule is C[C@@H]1COCCN1C1=NC2(CCC(C(C)(C)C)CC2)N([C@H](CCC(C)(C)C)Cc2ccc(C(=O)O)cc2)C1=O. The zero-order valence-corrected chi connectivity index (χ0v) is 25.1. The summed E-state index contributed by atoms with van der Waals surface area (Å²) in [4.78, 5) is 35.6. The fraction of sp³-hybridized carbons (Fsp3) is 0.719. The molecule has 1 amide bonds. The maximum absolute atomic E-state index is 14.4. The Morgan fingerprint density at radius 3 is 2.31 bits per heavy atom. The highest BCUT2D eigenvalue weighted by Crippen LogP contribution is 2.48. The minimum Gasteiger partial charge on any atom is -0.478 e. The van der Waals surface area contributed by atoms with Crippen molar-refractivity contribution in [2.75, 3.05) is 19.8 Å². The van der Waals surface area contributed by atoms with Gasteiger partial charge in [-0.25, -0.2) is 9.79 Å². The van der Waals surface area contributed by atoms with Gasteiger partial charge >= 0.3 is 5.97 Å². The Morgan fingerprint density at radius 1 is 1.13 bits per heavy atom. The van der Waals surface area contributed by atoms with Gasteiger partial charge in [0.15, 0.2) is 5.84 Å². The molecule has 216 valence electrons. The first-order chi connectivity index (χ1) is 18.2. The number of carbonyl (C=O) groups is 2. The van der Waals surface area contributed by atoms with E-state index >= 15 is 0 Å². The monoisotopic (exact) mass is 539 g/mol. The van der Waals surface area contributed by atoms with Gasteiger partial charge < -0.3 is 19.6 Å². The van der Waals surface area contributed by atoms with Gasteiger partial charge in [0.25, 0.3) is 5.91 Å². The van der Waals surface area contributed by atoms with Crippen molar-refractivity contribution >= 4 is 17.7 Å². The lowest BCUT2D eigenvalue weighted by Crippen LogP contribution is -2.57. The summed E-state index contributed by atoms with van der Waals surface area (Å²) in [5.41, 5.74) is 1.19. The number of carboxylic acid groups (broad SMARTS) is 1. The molecule has 7 heteroatoms. The average Bonchev–Trinajstić information content (AvgIpc) is 3.12. The number of carboxylic acids is 1. The quantitative estimate of drug-likeness (QED) is 0.478. The van der Waals surface area contributed by atoms with E-state index in [9.17, 15) is 14.7 Å². The van der Waals surface area contributed by atoms with Crippen molar-refractivity contribution in [3.05, 3.63) is 35.4 Å². The molecule has 2 atom stereocenters. The van der Waals surface area contributed by atoms with Crippen LogP contribution in [0.15, 0.2) is 29.3 Å². The maximum atomic E-state index is 14.4. The molecule has 1 aliphatic carbocycles. The second kappa shape index (κ2) is 11.2. The molecule has 2 fully saturated rings. The summed E-state index contributed by atoms with van der Waals surface area (Å²) in [5.74, 6) is 0.354. The summed E-state index contributed by atoms with van der Waals surface area (Å²) < 4.78 is 5.69. The lowest BCUT2D eigenvalue weighted by molar-refractivity contribution is -0.134. The van der Waals surface area contributed by atoms with Crippen LogP contribution in [0.25, 0.3) is 0 Å². The Morgan fingerprint density at radius 2 is 1.77 bits per heavy atom. The normalized spacial score (nSPS) is 27.2. The lowest BCUT2D eigenvalue weighted by atomic mass is 9.69. The molecule has 39 heavy (non-hydrogen) atoms. The van der Waals surface area contributed by atoms with Crippen LogP contribution in [0, 0.1) is 16.7 Å². The predicted molar refractivity (Wildman–Crippen MR) is 155 cm³/mol. The van der Waals surface area contributed by atoms with Crippen molar-refractivity contribution in [2.45, 2.75) is 111 Å². The number of rotatable bonds is 6. The molecule has 3 aliphatic rings. The van der Waals surface area contributed by atoms with E-state index in [1.165, 1.54) is 0 Å². The van der Waals surface area contributed by atoms with Crippen LogP contribution in [0.2, 0.25) is 0 Å². The van der Waals surface area contributed by atoms with Crippen LogP contribution in [0.5, 0.6) is 0 Å². The van der Waals surface area contributed by atoms with Crippen LogP contribution in [-0.4, -0.2) is 70.1 Å². The molecular formula is C32H49N3O4. The Hall–Kier alpha value is -2.41. The topological polar surface area (TPSA) is 82.4 Å². The fourth-order valence-electron chi connectivity index (χ4n) is 6.61. The zero-order chi connectivity index (χ0) is 28.6. The van der Waals surface area contributed by atoms with E-state index in [4.69, 9.17) is 9.73 Å². The number of ether oxygens (including phenoxy) is 1. The van der Waals surface area contributed by atoms with Gasteiger partial charge in [-0.15, -0.1) is 0 Å². The molecule has 0 bridgehead atoms. The van der Waals surface area contributed by atoms with Crippen molar-refractivity contribution in [3.8, 4) is 0 Å². The first-order valence-electron chi connectivity index (χ1n) is 14.8. The number of benzene rings is 1. The zero-order valence-electron chi connectivity index (χ0n) is 25.1. The second-order valence-corrected chi connectivity index (χ2v) is 14.3. The van der Waals surface area contributed by atoms with Gasteiger partial charge in [0, 0.05) is 12.6 Å². The van der Waals surface area contributed by atoms with Gasteiger partial charge in [-0.3, -0.25) is 4.79 Å². The van der Waals surface area contributed by atoms with Crippen LogP contribution in [-0.2, 0) is 16.0 Å². The highest BCUT2D eigenvalue weighted by molar-refractivity contribution is 6.39. The molecule has 1 aromatic rings. The minimum atomic E-state index is -0.923. The van der Waals surface area contributed by atoms with Crippen LogP contribution in [0.4, 0.5) is 0 Å². The van der Waals surface area contributed by atoms with E-state index in [-0.39, 0.29) is 34.4 Å². The highest BCUT2D eigenvalue weighted by atomic mass is 16.5. The third kappa shape index (κ3) is 6.67. The van der Waals surface area contributed by atoms with E-state index in [0.717, 1.165) is 44.1 Å². The number of amides is 1. The molecule has 7 nitrogen and oxygen atoms in total. The molecule has 2 heterocycles. The fourth-order valence-corrected chi connectivity index (χ4v) is 6.61. The summed E-state index contributed by atoms with van der Waals surface area (Å²) in [7, 11) is 0. The van der Waals surface area contributed by atoms with Crippen molar-refractivity contribution < 1.29 is 19.4 Å². The third-order valence-corrected chi connectivity index (χ3v) is 9.09. The minimum absolute atomic E-state index is 0.0174. The van der Waals surface area contributed by atoms with Gasteiger partial charge in [-0.1, -0.05) is 53.7 Å². The Labute approximate surface area is 235 Å². The molecule has 4 rings (SSSR count). The van der Waals surface area contributed by atoms with Gasteiger partial charge in [-0.05, 0) is 86.3 Å². The van der Waals surface area contributed by atoms with Crippen LogP contribution in [0.3, 0.4) is 0 Å². The highest BCUT2D eigenvalue weighted by Gasteiger charge is 2.53. The number of hydrogen-bond donors (Lipinski definition) is 1. The molecule has 1 saturated carbocycles. The third-order valence-electron chi connectivity index (χ3n) is 9.09. The number of carbonyl (C=O) groups excluding carboxylic acids is 1. The molecule has 0 aromatic heterocycles. The number of amidine groups is 1. The van der Waals surface area contributed by atoms with Crippen molar-refractivity contribution in [1.29, 1.82) is 0 Å². The number of hydrogen-bond acceptors (Lipinski definition) is 5. The van der Waals surface area contributed by atoms with Gasteiger partial charge in [0.05, 0.1) is 24.8 Å². The maximum Gasteiger partial charge on any atom is 0.335 e. The number of morpholine rings is 1. The van der Waals surface area contributed by atoms with Crippen molar-refractivity contribution in [3.63, 3.8) is 0 Å². The van der Waals surface area contributed by atoms with Crippen molar-refractivity contribution in [1.82, 2.24) is 9.80 Å². The van der Waals surface area contributed by atoms with Crippen molar-refractivity contribution in [2.24, 2.45) is 21.7 Å². The smallest absolute Gasteiger partial charge is 0.335 e. The largest absolute Gasteiger partial charge is 0.478 e. The summed E-state index contributed by atoms with van der Waals surface area (Å²) >= 11 is 0. The summed E-state index contributed by atoms with van der Waals surface area (Å²) in [6.45, 7) is 17.7. The number of nitrogens with zero attached hydrogens (tertiary/aromatic N) is 3. The molecule has 1 N–H and O–H groups in total. The van der Waals surface area contributed by atoms with E-state index in [0.29, 0.717) is 37.9 Å². The summed E-state index contributed by atoms with van der Waals surface area (Å²) in [6.07, 6.45) is 6.43. The molecule has 2 aliphatic heterocycles. The molecular weight excluding hydrogens is 490 g/mol. The Balaban J connectivity index is 1.70. The van der Waals surface area contributed by atoms with E-state index in [1.54, 1.807) is 12.1 Å². The standard InChI is InChI=1S/C32H49N3O4/c1-22-21-39-19-18-34(22)27-28(36)35(32(33-27)16-12-25(13-17-32)31(5,6)7)26(14-15-30(2,3)4)20-23-8-10-24(11-9-23)29(37)38/h8-11,22,25-26H,12-21H2,1-7H3,(H,37,38)/t22-,25?,26-,32?/m1/s1. The van der Waals surface area contributed by atoms with Crippen LogP contribution < -0.4 is 0 Å². The molecule has 1 spiro atoms. The first-order valence-corrected chi connectivity index (χ1v) is 14.8.